The standard InChI is InChI=1S/C33H34BNO2.C2H6/c1-31(2)29-18-11-10-17-27(29)28-20-19-26(22-30(28)31)35(24-14-8-7-9-15-24)25-16-12-13-23(21-25)34-36-32(3,4)33(5,6)37-34;1-2/h7-22H,1-6H3;1-2H3. The van der Waals surface area contributed by atoms with Crippen LogP contribution in [0.5, 0.6) is 0 Å². The predicted octanol–water partition coefficient (Wildman–Crippen LogP) is 8.79. The number of nitrogens with zero attached hydrogens (tertiary/aromatic N) is 1. The molecule has 0 spiro atoms. The molecule has 0 atom stereocenters. The quantitative estimate of drug-likeness (QED) is 0.253. The molecular formula is C35H40BNO2. The molecule has 4 heteroatoms. The summed E-state index contributed by atoms with van der Waals surface area (Å²) in [5, 5.41) is 0. The Bertz CT molecular complexity index is 1460. The summed E-state index contributed by atoms with van der Waals surface area (Å²) in [6.07, 6.45) is 0. The minimum atomic E-state index is -0.406. The minimum Gasteiger partial charge on any atom is -0.399 e. The molecular weight excluding hydrogens is 477 g/mol. The second kappa shape index (κ2) is 10.0. The van der Waals surface area contributed by atoms with Gasteiger partial charge in [-0.15, -0.1) is 0 Å². The van der Waals surface area contributed by atoms with Gasteiger partial charge in [-0.05, 0) is 91.8 Å². The van der Waals surface area contributed by atoms with Crippen molar-refractivity contribution in [1.29, 1.82) is 0 Å². The molecule has 0 bridgehead atoms. The van der Waals surface area contributed by atoms with Gasteiger partial charge in [0, 0.05) is 22.5 Å². The summed E-state index contributed by atoms with van der Waals surface area (Å²) < 4.78 is 12.8. The molecule has 0 unspecified atom stereocenters. The van der Waals surface area contributed by atoms with Crippen molar-refractivity contribution in [2.75, 3.05) is 4.90 Å². The Labute approximate surface area is 234 Å². The van der Waals surface area contributed by atoms with Crippen molar-refractivity contribution in [3.8, 4) is 11.1 Å². The van der Waals surface area contributed by atoms with E-state index in [0.29, 0.717) is 0 Å². The molecule has 1 saturated heterocycles. The summed E-state index contributed by atoms with van der Waals surface area (Å²) in [6, 6.07) is 34.8. The second-order valence-corrected chi connectivity index (χ2v) is 11.8. The van der Waals surface area contributed by atoms with Gasteiger partial charge in [-0.25, -0.2) is 0 Å². The molecule has 2 aliphatic rings. The molecule has 1 aliphatic carbocycles. The van der Waals surface area contributed by atoms with Crippen LogP contribution < -0.4 is 10.4 Å². The zero-order chi connectivity index (χ0) is 28.0. The van der Waals surface area contributed by atoms with E-state index in [4.69, 9.17) is 9.31 Å². The smallest absolute Gasteiger partial charge is 0.399 e. The number of hydrogen-bond donors (Lipinski definition) is 0. The number of anilines is 3. The van der Waals surface area contributed by atoms with E-state index in [1.807, 2.05) is 13.8 Å². The van der Waals surface area contributed by atoms with Crippen LogP contribution in [-0.4, -0.2) is 18.3 Å². The lowest BCUT2D eigenvalue weighted by Crippen LogP contribution is -2.41. The molecule has 1 fully saturated rings. The highest BCUT2D eigenvalue weighted by molar-refractivity contribution is 6.62. The zero-order valence-corrected chi connectivity index (χ0v) is 24.6. The van der Waals surface area contributed by atoms with Gasteiger partial charge in [0.25, 0.3) is 0 Å². The van der Waals surface area contributed by atoms with Crippen LogP contribution in [0.15, 0.2) is 97.1 Å². The average molecular weight is 518 g/mol. The fraction of sp³-hybridized carbons (Fsp3) is 0.314. The largest absolute Gasteiger partial charge is 0.494 e. The number of rotatable bonds is 4. The van der Waals surface area contributed by atoms with Crippen LogP contribution in [0, 0.1) is 0 Å². The molecule has 1 aliphatic heterocycles. The van der Waals surface area contributed by atoms with Gasteiger partial charge in [0.05, 0.1) is 11.2 Å². The summed E-state index contributed by atoms with van der Waals surface area (Å²) in [5.74, 6) is 0. The summed E-state index contributed by atoms with van der Waals surface area (Å²) in [7, 11) is -0.406. The van der Waals surface area contributed by atoms with E-state index >= 15 is 0 Å². The van der Waals surface area contributed by atoms with Crippen LogP contribution >= 0.6 is 0 Å². The Balaban J connectivity index is 0.00000151. The van der Waals surface area contributed by atoms with E-state index in [0.717, 1.165) is 22.5 Å². The van der Waals surface area contributed by atoms with Gasteiger partial charge >= 0.3 is 7.12 Å². The van der Waals surface area contributed by atoms with E-state index in [1.54, 1.807) is 0 Å². The topological polar surface area (TPSA) is 21.7 Å². The van der Waals surface area contributed by atoms with Crippen LogP contribution in [0.4, 0.5) is 17.1 Å². The van der Waals surface area contributed by atoms with Crippen LogP contribution in [0.3, 0.4) is 0 Å². The Morgan fingerprint density at radius 2 is 1.10 bits per heavy atom. The Hall–Kier alpha value is -3.34. The van der Waals surface area contributed by atoms with Gasteiger partial charge in [-0.2, -0.15) is 0 Å². The van der Waals surface area contributed by atoms with Gasteiger partial charge in [-0.1, -0.05) is 88.4 Å². The van der Waals surface area contributed by atoms with E-state index in [2.05, 4.69) is 144 Å². The SMILES string of the molecule is CC.CC1(C)c2ccccc2-c2ccc(N(c3ccccc3)c3cccc(B4OC(C)(C)C(C)(C)O4)c3)cc21. The van der Waals surface area contributed by atoms with Gasteiger partial charge in [0.15, 0.2) is 0 Å². The average Bonchev–Trinajstić information content (AvgIpc) is 3.30. The number of fused-ring (bicyclic) bond motifs is 3. The van der Waals surface area contributed by atoms with Crippen molar-refractivity contribution in [3.05, 3.63) is 108 Å². The first kappa shape index (κ1) is 27.2. The third-order valence-corrected chi connectivity index (χ3v) is 8.49. The van der Waals surface area contributed by atoms with Gasteiger partial charge in [0.1, 0.15) is 0 Å². The van der Waals surface area contributed by atoms with Crippen molar-refractivity contribution in [2.45, 2.75) is 72.0 Å². The van der Waals surface area contributed by atoms with Crippen LogP contribution in [-0.2, 0) is 14.7 Å². The molecule has 4 aromatic rings. The fourth-order valence-corrected chi connectivity index (χ4v) is 5.65. The highest BCUT2D eigenvalue weighted by Crippen LogP contribution is 2.50. The summed E-state index contributed by atoms with van der Waals surface area (Å²) >= 11 is 0. The lowest BCUT2D eigenvalue weighted by Gasteiger charge is -2.32. The Morgan fingerprint density at radius 3 is 1.79 bits per heavy atom. The highest BCUT2D eigenvalue weighted by atomic mass is 16.7. The molecule has 0 radical (unpaired) electrons. The van der Waals surface area contributed by atoms with Gasteiger partial charge in [-0.3, -0.25) is 0 Å². The number of para-hydroxylation sites is 1. The Morgan fingerprint density at radius 1 is 0.538 bits per heavy atom. The first-order valence-corrected chi connectivity index (χ1v) is 14.1. The molecule has 1 heterocycles. The number of hydrogen-bond acceptors (Lipinski definition) is 3. The highest BCUT2D eigenvalue weighted by Gasteiger charge is 2.51. The van der Waals surface area contributed by atoms with E-state index in [9.17, 15) is 0 Å². The lowest BCUT2D eigenvalue weighted by molar-refractivity contribution is 0.00578. The third-order valence-electron chi connectivity index (χ3n) is 8.49. The number of benzene rings is 4. The molecule has 39 heavy (non-hydrogen) atoms. The zero-order valence-electron chi connectivity index (χ0n) is 24.6. The van der Waals surface area contributed by atoms with Gasteiger partial charge in [0.2, 0.25) is 0 Å². The monoisotopic (exact) mass is 517 g/mol. The van der Waals surface area contributed by atoms with E-state index < -0.39 is 7.12 Å². The third kappa shape index (κ3) is 4.60. The van der Waals surface area contributed by atoms with Crippen LogP contribution in [0.1, 0.15) is 66.5 Å². The van der Waals surface area contributed by atoms with Crippen LogP contribution in [0.2, 0.25) is 0 Å². The van der Waals surface area contributed by atoms with E-state index in [-0.39, 0.29) is 16.6 Å². The van der Waals surface area contributed by atoms with Crippen molar-refractivity contribution in [2.24, 2.45) is 0 Å². The minimum absolute atomic E-state index is 0.0607. The summed E-state index contributed by atoms with van der Waals surface area (Å²) in [4.78, 5) is 2.33. The van der Waals surface area contributed by atoms with E-state index in [1.165, 1.54) is 22.3 Å². The fourth-order valence-electron chi connectivity index (χ4n) is 5.65. The lowest BCUT2D eigenvalue weighted by atomic mass is 9.79. The maximum absolute atomic E-state index is 6.38. The molecule has 0 aromatic heterocycles. The molecule has 0 N–H and O–H groups in total. The van der Waals surface area contributed by atoms with Crippen molar-refractivity contribution < 1.29 is 9.31 Å². The van der Waals surface area contributed by atoms with Crippen LogP contribution in [0.25, 0.3) is 11.1 Å². The van der Waals surface area contributed by atoms with Crippen molar-refractivity contribution >= 4 is 29.6 Å². The second-order valence-electron chi connectivity index (χ2n) is 11.8. The van der Waals surface area contributed by atoms with Crippen molar-refractivity contribution in [3.63, 3.8) is 0 Å². The Kier molecular flexibility index (Phi) is 6.99. The van der Waals surface area contributed by atoms with Crippen molar-refractivity contribution in [1.82, 2.24) is 0 Å². The maximum Gasteiger partial charge on any atom is 0.494 e. The first-order valence-electron chi connectivity index (χ1n) is 14.1. The maximum atomic E-state index is 6.38. The molecule has 0 amide bonds. The molecule has 4 aromatic carbocycles. The first-order chi connectivity index (χ1) is 18.6. The normalized spacial score (nSPS) is 17.6. The predicted molar refractivity (Wildman–Crippen MR) is 166 cm³/mol. The molecule has 3 nitrogen and oxygen atoms in total. The summed E-state index contributed by atoms with van der Waals surface area (Å²) in [6.45, 7) is 17.0. The van der Waals surface area contributed by atoms with Gasteiger partial charge < -0.3 is 14.2 Å². The summed E-state index contributed by atoms with van der Waals surface area (Å²) in [5.41, 5.74) is 8.92. The molecule has 6 rings (SSSR count). The molecule has 0 saturated carbocycles. The molecule has 200 valence electrons.